The molecule has 16 heavy (non-hydrogen) atoms. The molecule has 88 valence electrons. The van der Waals surface area contributed by atoms with Crippen molar-refractivity contribution in [2.45, 2.75) is 19.8 Å². The first-order chi connectivity index (χ1) is 7.61. The molecule has 0 saturated carbocycles. The number of carbonyl (C=O) groups is 1. The van der Waals surface area contributed by atoms with Crippen LogP contribution >= 0.6 is 15.9 Å². The number of carbonyl (C=O) groups excluding carboxylic acids is 1. The topological polar surface area (TPSA) is 39.2 Å². The summed E-state index contributed by atoms with van der Waals surface area (Å²) in [5.41, 5.74) is 0.948. The Morgan fingerprint density at radius 2 is 2.31 bits per heavy atom. The second kappa shape index (κ2) is 6.76. The van der Waals surface area contributed by atoms with Crippen LogP contribution in [0.1, 0.15) is 18.9 Å². The quantitative estimate of drug-likeness (QED) is 0.807. The van der Waals surface area contributed by atoms with Gasteiger partial charge in [-0.25, -0.2) is 0 Å². The van der Waals surface area contributed by atoms with Gasteiger partial charge in [0.25, 0.3) is 0 Å². The number of hydrogen-bond donors (Lipinski definition) is 0. The summed E-state index contributed by atoms with van der Waals surface area (Å²) >= 11 is 3.33. The van der Waals surface area contributed by atoms with Gasteiger partial charge in [-0.2, -0.15) is 0 Å². The first kappa shape index (κ1) is 13.3. The lowest BCUT2D eigenvalue weighted by Gasteiger charge is -2.08. The van der Waals surface area contributed by atoms with Gasteiger partial charge in [0.15, 0.2) is 0 Å². The molecule has 0 aliphatic carbocycles. The fourth-order valence-corrected chi connectivity index (χ4v) is 2.00. The van der Waals surface area contributed by atoms with Gasteiger partial charge < -0.3 is 4.74 Å². The summed E-state index contributed by atoms with van der Waals surface area (Å²) < 4.78 is 5.91. The lowest BCUT2D eigenvalue weighted by Crippen LogP contribution is -2.12. The Morgan fingerprint density at radius 1 is 1.56 bits per heavy atom. The summed E-state index contributed by atoms with van der Waals surface area (Å²) in [4.78, 5) is 15.7. The summed E-state index contributed by atoms with van der Waals surface area (Å²) in [7, 11) is 1.65. The van der Waals surface area contributed by atoms with Crippen LogP contribution < -0.4 is 0 Å². The Balaban J connectivity index is 2.45. The molecule has 1 aromatic rings. The van der Waals surface area contributed by atoms with Crippen molar-refractivity contribution >= 4 is 21.7 Å². The zero-order chi connectivity index (χ0) is 12.0. The maximum atomic E-state index is 11.7. The van der Waals surface area contributed by atoms with E-state index in [-0.39, 0.29) is 11.7 Å². The average Bonchev–Trinajstić information content (AvgIpc) is 2.17. The van der Waals surface area contributed by atoms with Gasteiger partial charge in [0.05, 0.1) is 0 Å². The van der Waals surface area contributed by atoms with Gasteiger partial charge >= 0.3 is 0 Å². The monoisotopic (exact) mass is 285 g/mol. The molecule has 1 unspecified atom stereocenters. The van der Waals surface area contributed by atoms with E-state index in [1.807, 2.05) is 13.0 Å². The first-order valence-electron chi connectivity index (χ1n) is 5.22. The van der Waals surface area contributed by atoms with E-state index < -0.39 is 0 Å². The molecule has 1 rings (SSSR count). The zero-order valence-corrected chi connectivity index (χ0v) is 11.2. The van der Waals surface area contributed by atoms with Crippen LogP contribution in [0, 0.1) is 5.92 Å². The van der Waals surface area contributed by atoms with Crippen LogP contribution in [-0.2, 0) is 16.0 Å². The summed E-state index contributed by atoms with van der Waals surface area (Å²) in [6, 6.07) is 1.92. The number of pyridine rings is 1. The molecular weight excluding hydrogens is 270 g/mol. The van der Waals surface area contributed by atoms with Crippen LogP contribution in [0.4, 0.5) is 0 Å². The zero-order valence-electron chi connectivity index (χ0n) is 9.57. The van der Waals surface area contributed by atoms with E-state index >= 15 is 0 Å². The Kier molecular flexibility index (Phi) is 5.63. The van der Waals surface area contributed by atoms with Crippen LogP contribution in [0.3, 0.4) is 0 Å². The number of ketones is 1. The van der Waals surface area contributed by atoms with Gasteiger partial charge in [-0.05, 0) is 33.5 Å². The second-order valence-corrected chi connectivity index (χ2v) is 4.91. The summed E-state index contributed by atoms with van der Waals surface area (Å²) in [6.45, 7) is 2.64. The molecule has 0 aliphatic rings. The molecule has 0 aliphatic heterocycles. The molecule has 0 spiro atoms. The molecule has 0 radical (unpaired) electrons. The largest absolute Gasteiger partial charge is 0.384 e. The SMILES string of the molecule is COCC(C)CC(=O)Cc1cncc(Br)c1. The lowest BCUT2D eigenvalue weighted by molar-refractivity contribution is -0.119. The molecule has 0 bridgehead atoms. The van der Waals surface area contributed by atoms with Crippen molar-refractivity contribution in [3.8, 4) is 0 Å². The van der Waals surface area contributed by atoms with E-state index in [4.69, 9.17) is 4.74 Å². The second-order valence-electron chi connectivity index (χ2n) is 3.99. The van der Waals surface area contributed by atoms with Crippen molar-refractivity contribution < 1.29 is 9.53 Å². The number of nitrogens with zero attached hydrogens (tertiary/aromatic N) is 1. The van der Waals surface area contributed by atoms with Gasteiger partial charge in [-0.15, -0.1) is 0 Å². The molecule has 1 atom stereocenters. The first-order valence-corrected chi connectivity index (χ1v) is 6.01. The van der Waals surface area contributed by atoms with Crippen LogP contribution in [0.15, 0.2) is 22.9 Å². The van der Waals surface area contributed by atoms with Crippen LogP contribution in [0.5, 0.6) is 0 Å². The van der Waals surface area contributed by atoms with Gasteiger partial charge in [-0.3, -0.25) is 9.78 Å². The fourth-order valence-electron chi connectivity index (χ4n) is 1.58. The van der Waals surface area contributed by atoms with Crippen molar-refractivity contribution in [3.05, 3.63) is 28.5 Å². The Labute approximate surface area is 104 Å². The van der Waals surface area contributed by atoms with E-state index in [0.717, 1.165) is 10.0 Å². The maximum Gasteiger partial charge on any atom is 0.137 e. The lowest BCUT2D eigenvalue weighted by atomic mass is 10.0. The Bertz CT molecular complexity index is 355. The minimum absolute atomic E-state index is 0.226. The highest BCUT2D eigenvalue weighted by atomic mass is 79.9. The van der Waals surface area contributed by atoms with Gasteiger partial charge in [0, 0.05) is 43.4 Å². The molecule has 1 heterocycles. The minimum atomic E-state index is 0.226. The van der Waals surface area contributed by atoms with E-state index in [9.17, 15) is 4.79 Å². The Hall–Kier alpha value is -0.740. The number of hydrogen-bond acceptors (Lipinski definition) is 3. The highest BCUT2D eigenvalue weighted by molar-refractivity contribution is 9.10. The predicted octanol–water partition coefficient (Wildman–Crippen LogP) is 2.63. The number of methoxy groups -OCH3 is 1. The molecule has 0 N–H and O–H groups in total. The smallest absolute Gasteiger partial charge is 0.137 e. The third kappa shape index (κ3) is 4.86. The van der Waals surface area contributed by atoms with Crippen molar-refractivity contribution in [3.63, 3.8) is 0 Å². The maximum absolute atomic E-state index is 11.7. The number of ether oxygens (including phenoxy) is 1. The summed E-state index contributed by atoms with van der Waals surface area (Å²) in [5, 5.41) is 0. The van der Waals surface area contributed by atoms with Gasteiger partial charge in [-0.1, -0.05) is 6.92 Å². The number of rotatable bonds is 6. The van der Waals surface area contributed by atoms with E-state index in [2.05, 4.69) is 20.9 Å². The molecular formula is C12H16BrNO2. The van der Waals surface area contributed by atoms with E-state index in [1.54, 1.807) is 19.5 Å². The standard InChI is InChI=1S/C12H16BrNO2/c1-9(8-16-2)3-12(15)5-10-4-11(13)7-14-6-10/h4,6-7,9H,3,5,8H2,1-2H3. The number of aromatic nitrogens is 1. The molecule has 0 fully saturated rings. The van der Waals surface area contributed by atoms with Crippen molar-refractivity contribution in [2.24, 2.45) is 5.92 Å². The fraction of sp³-hybridized carbons (Fsp3) is 0.500. The average molecular weight is 286 g/mol. The van der Waals surface area contributed by atoms with Gasteiger partial charge in [0.2, 0.25) is 0 Å². The van der Waals surface area contributed by atoms with E-state index in [1.165, 1.54) is 0 Å². The summed E-state index contributed by atoms with van der Waals surface area (Å²) in [5.74, 6) is 0.502. The normalized spacial score (nSPS) is 12.4. The molecule has 4 heteroatoms. The number of halogens is 1. The van der Waals surface area contributed by atoms with Crippen LogP contribution in [0.25, 0.3) is 0 Å². The molecule has 1 aromatic heterocycles. The number of Topliss-reactive ketones (excluding diaryl/α,β-unsaturated/α-hetero) is 1. The predicted molar refractivity (Wildman–Crippen MR) is 66.3 cm³/mol. The molecule has 0 aromatic carbocycles. The highest BCUT2D eigenvalue weighted by Gasteiger charge is 2.10. The van der Waals surface area contributed by atoms with Crippen molar-refractivity contribution in [1.82, 2.24) is 4.98 Å². The highest BCUT2D eigenvalue weighted by Crippen LogP contribution is 2.12. The van der Waals surface area contributed by atoms with Gasteiger partial charge in [0.1, 0.15) is 5.78 Å². The third-order valence-electron chi connectivity index (χ3n) is 2.19. The van der Waals surface area contributed by atoms with E-state index in [0.29, 0.717) is 19.4 Å². The molecule has 0 amide bonds. The molecule has 3 nitrogen and oxygen atoms in total. The molecule has 0 saturated heterocycles. The van der Waals surface area contributed by atoms with Crippen molar-refractivity contribution in [2.75, 3.05) is 13.7 Å². The van der Waals surface area contributed by atoms with Crippen LogP contribution in [0.2, 0.25) is 0 Å². The van der Waals surface area contributed by atoms with Crippen LogP contribution in [-0.4, -0.2) is 24.5 Å². The minimum Gasteiger partial charge on any atom is -0.384 e. The summed E-state index contributed by atoms with van der Waals surface area (Å²) in [6.07, 6.45) is 4.44. The Morgan fingerprint density at radius 3 is 2.94 bits per heavy atom. The van der Waals surface area contributed by atoms with Crippen molar-refractivity contribution in [1.29, 1.82) is 0 Å². The third-order valence-corrected chi connectivity index (χ3v) is 2.62.